The standard InChI is InChI=1S/C17H22Cl2N4O2/c18-14-4-3-13(9-15(14)19)21-17(25)11-23-7-5-22(6-8-23)10-16(24)20-12-1-2-12/h3-4,9,12H,1-2,5-8,10-11H2,(H,20,24)(H,21,25). The Morgan fingerprint density at radius 3 is 2.12 bits per heavy atom. The number of nitrogens with zero attached hydrogens (tertiary/aromatic N) is 2. The maximum atomic E-state index is 12.2. The molecule has 0 bridgehead atoms. The molecule has 136 valence electrons. The predicted octanol–water partition coefficient (Wildman–Crippen LogP) is 1.83. The van der Waals surface area contributed by atoms with Gasteiger partial charge >= 0.3 is 0 Å². The van der Waals surface area contributed by atoms with E-state index >= 15 is 0 Å². The molecule has 0 aromatic heterocycles. The van der Waals surface area contributed by atoms with Crippen molar-refractivity contribution in [3.05, 3.63) is 28.2 Å². The van der Waals surface area contributed by atoms with E-state index in [-0.39, 0.29) is 11.8 Å². The van der Waals surface area contributed by atoms with E-state index in [1.807, 2.05) is 0 Å². The molecule has 3 rings (SSSR count). The first-order valence-electron chi connectivity index (χ1n) is 8.48. The van der Waals surface area contributed by atoms with Gasteiger partial charge in [0.1, 0.15) is 0 Å². The second-order valence-electron chi connectivity index (χ2n) is 6.57. The van der Waals surface area contributed by atoms with Crippen LogP contribution in [0.1, 0.15) is 12.8 Å². The Bertz CT molecular complexity index is 644. The number of hydrogen-bond donors (Lipinski definition) is 2. The molecule has 1 aromatic carbocycles. The van der Waals surface area contributed by atoms with E-state index < -0.39 is 0 Å². The lowest BCUT2D eigenvalue weighted by molar-refractivity contribution is -0.123. The van der Waals surface area contributed by atoms with Crippen molar-refractivity contribution >= 4 is 40.7 Å². The molecule has 1 aliphatic heterocycles. The van der Waals surface area contributed by atoms with Crippen molar-refractivity contribution in [1.82, 2.24) is 15.1 Å². The van der Waals surface area contributed by atoms with Crippen LogP contribution in [0.4, 0.5) is 5.69 Å². The molecule has 2 aliphatic rings. The average Bonchev–Trinajstić information content (AvgIpc) is 3.36. The van der Waals surface area contributed by atoms with Gasteiger partial charge in [0.05, 0.1) is 23.1 Å². The molecule has 2 N–H and O–H groups in total. The zero-order valence-corrected chi connectivity index (χ0v) is 15.4. The minimum Gasteiger partial charge on any atom is -0.352 e. The van der Waals surface area contributed by atoms with Gasteiger partial charge in [0.15, 0.2) is 0 Å². The largest absolute Gasteiger partial charge is 0.352 e. The number of rotatable bonds is 6. The molecule has 0 radical (unpaired) electrons. The van der Waals surface area contributed by atoms with Crippen LogP contribution in [0.5, 0.6) is 0 Å². The fourth-order valence-corrected chi connectivity index (χ4v) is 3.09. The lowest BCUT2D eigenvalue weighted by Gasteiger charge is -2.33. The van der Waals surface area contributed by atoms with Gasteiger partial charge in [-0.2, -0.15) is 0 Å². The quantitative estimate of drug-likeness (QED) is 0.784. The lowest BCUT2D eigenvalue weighted by atomic mass is 10.3. The SMILES string of the molecule is O=C(CN1CCN(CC(=O)NC2CC2)CC1)Nc1ccc(Cl)c(Cl)c1. The minimum atomic E-state index is -0.0849. The number of halogens is 2. The summed E-state index contributed by atoms with van der Waals surface area (Å²) in [4.78, 5) is 28.2. The van der Waals surface area contributed by atoms with Crippen molar-refractivity contribution in [3.8, 4) is 0 Å². The normalized spacial score (nSPS) is 18.8. The zero-order valence-electron chi connectivity index (χ0n) is 13.9. The molecule has 1 saturated carbocycles. The van der Waals surface area contributed by atoms with Crippen LogP contribution in [0.25, 0.3) is 0 Å². The van der Waals surface area contributed by atoms with Gasteiger partial charge in [0.25, 0.3) is 0 Å². The summed E-state index contributed by atoms with van der Waals surface area (Å²) in [6, 6.07) is 5.42. The number of piperazine rings is 1. The van der Waals surface area contributed by atoms with Gasteiger partial charge < -0.3 is 10.6 Å². The average molecular weight is 385 g/mol. The highest BCUT2D eigenvalue weighted by Crippen LogP contribution is 2.25. The first kappa shape index (κ1) is 18.5. The third-order valence-corrected chi connectivity index (χ3v) is 5.08. The van der Waals surface area contributed by atoms with Gasteiger partial charge in [0.2, 0.25) is 11.8 Å². The summed E-state index contributed by atoms with van der Waals surface area (Å²) in [6.45, 7) is 3.88. The van der Waals surface area contributed by atoms with E-state index in [9.17, 15) is 9.59 Å². The number of carbonyl (C=O) groups is 2. The molecular formula is C17H22Cl2N4O2. The summed E-state index contributed by atoms with van der Waals surface area (Å²) >= 11 is 11.8. The van der Waals surface area contributed by atoms with Crippen LogP contribution >= 0.6 is 23.2 Å². The van der Waals surface area contributed by atoms with E-state index in [4.69, 9.17) is 23.2 Å². The Morgan fingerprint density at radius 1 is 0.960 bits per heavy atom. The second-order valence-corrected chi connectivity index (χ2v) is 7.39. The molecule has 25 heavy (non-hydrogen) atoms. The first-order valence-corrected chi connectivity index (χ1v) is 9.24. The summed E-state index contributed by atoms with van der Waals surface area (Å²) in [5.74, 6) is 0.0200. The van der Waals surface area contributed by atoms with Crippen LogP contribution < -0.4 is 10.6 Å². The third kappa shape index (κ3) is 5.85. The summed E-state index contributed by atoms with van der Waals surface area (Å²) in [5.41, 5.74) is 0.634. The van der Waals surface area contributed by atoms with E-state index in [2.05, 4.69) is 20.4 Å². The second kappa shape index (κ2) is 8.36. The van der Waals surface area contributed by atoms with Gasteiger partial charge in [-0.1, -0.05) is 23.2 Å². The monoisotopic (exact) mass is 384 g/mol. The Morgan fingerprint density at radius 2 is 1.56 bits per heavy atom. The van der Waals surface area contributed by atoms with Crippen molar-refractivity contribution in [2.75, 3.05) is 44.6 Å². The van der Waals surface area contributed by atoms with Crippen LogP contribution in [0, 0.1) is 0 Å². The Hall–Kier alpha value is -1.34. The number of hydrogen-bond acceptors (Lipinski definition) is 4. The Balaban J connectivity index is 1.38. The fourth-order valence-electron chi connectivity index (χ4n) is 2.79. The third-order valence-electron chi connectivity index (χ3n) is 4.35. The minimum absolute atomic E-state index is 0.0849. The highest BCUT2D eigenvalue weighted by atomic mass is 35.5. The topological polar surface area (TPSA) is 64.7 Å². The van der Waals surface area contributed by atoms with Crippen LogP contribution in [0.3, 0.4) is 0 Å². The number of benzene rings is 1. The van der Waals surface area contributed by atoms with Crippen molar-refractivity contribution in [2.24, 2.45) is 0 Å². The molecule has 2 amide bonds. The first-order chi connectivity index (χ1) is 12.0. The summed E-state index contributed by atoms with van der Waals surface area (Å²) in [6.07, 6.45) is 2.21. The number of amides is 2. The molecule has 2 fully saturated rings. The molecule has 1 aromatic rings. The van der Waals surface area contributed by atoms with Crippen LogP contribution in [0.15, 0.2) is 18.2 Å². The van der Waals surface area contributed by atoms with Gasteiger partial charge in [0, 0.05) is 37.9 Å². The summed E-state index contributed by atoms with van der Waals surface area (Å²) in [7, 11) is 0. The molecule has 0 atom stereocenters. The van der Waals surface area contributed by atoms with Crippen LogP contribution in [-0.2, 0) is 9.59 Å². The zero-order chi connectivity index (χ0) is 17.8. The summed E-state index contributed by atoms with van der Waals surface area (Å²) in [5, 5.41) is 6.70. The molecule has 1 heterocycles. The van der Waals surface area contributed by atoms with E-state index in [0.29, 0.717) is 34.9 Å². The molecule has 8 heteroatoms. The molecular weight excluding hydrogens is 363 g/mol. The van der Waals surface area contributed by atoms with Crippen molar-refractivity contribution < 1.29 is 9.59 Å². The van der Waals surface area contributed by atoms with Gasteiger partial charge in [-0.05, 0) is 31.0 Å². The van der Waals surface area contributed by atoms with E-state index in [0.717, 1.165) is 39.0 Å². The van der Waals surface area contributed by atoms with E-state index in [1.165, 1.54) is 0 Å². The maximum absolute atomic E-state index is 12.2. The lowest BCUT2D eigenvalue weighted by Crippen LogP contribution is -2.51. The highest BCUT2D eigenvalue weighted by molar-refractivity contribution is 6.42. The van der Waals surface area contributed by atoms with Crippen LogP contribution in [-0.4, -0.2) is 66.9 Å². The van der Waals surface area contributed by atoms with E-state index in [1.54, 1.807) is 18.2 Å². The maximum Gasteiger partial charge on any atom is 0.238 e. The summed E-state index contributed by atoms with van der Waals surface area (Å²) < 4.78 is 0. The highest BCUT2D eigenvalue weighted by Gasteiger charge is 2.25. The van der Waals surface area contributed by atoms with Gasteiger partial charge in [-0.15, -0.1) is 0 Å². The van der Waals surface area contributed by atoms with Crippen molar-refractivity contribution in [3.63, 3.8) is 0 Å². The van der Waals surface area contributed by atoms with Crippen molar-refractivity contribution in [2.45, 2.75) is 18.9 Å². The smallest absolute Gasteiger partial charge is 0.238 e. The van der Waals surface area contributed by atoms with Crippen LogP contribution in [0.2, 0.25) is 10.0 Å². The van der Waals surface area contributed by atoms with Gasteiger partial charge in [-0.3, -0.25) is 19.4 Å². The van der Waals surface area contributed by atoms with Crippen molar-refractivity contribution in [1.29, 1.82) is 0 Å². The molecule has 6 nitrogen and oxygen atoms in total. The predicted molar refractivity (Wildman–Crippen MR) is 99.1 cm³/mol. The molecule has 1 aliphatic carbocycles. The number of carbonyl (C=O) groups excluding carboxylic acids is 2. The Labute approximate surface area is 157 Å². The van der Waals surface area contributed by atoms with Gasteiger partial charge in [-0.25, -0.2) is 0 Å². The number of nitrogens with one attached hydrogen (secondary N) is 2. The Kier molecular flexibility index (Phi) is 6.17. The molecule has 1 saturated heterocycles. The molecule has 0 unspecified atom stereocenters. The fraction of sp³-hybridized carbons (Fsp3) is 0.529. The molecule has 0 spiro atoms. The number of anilines is 1.